The van der Waals surface area contributed by atoms with E-state index in [4.69, 9.17) is 21.1 Å². The topological polar surface area (TPSA) is 47.6 Å². The van der Waals surface area contributed by atoms with Gasteiger partial charge in [-0.1, -0.05) is 23.7 Å². The molecule has 0 atom stereocenters. The lowest BCUT2D eigenvalue weighted by Crippen LogP contribution is -2.14. The van der Waals surface area contributed by atoms with Crippen LogP contribution in [0.2, 0.25) is 5.02 Å². The fourth-order valence-electron chi connectivity index (χ4n) is 1.78. The highest BCUT2D eigenvalue weighted by Crippen LogP contribution is 2.36. The van der Waals surface area contributed by atoms with Gasteiger partial charge in [-0.05, 0) is 12.1 Å². The average Bonchev–Trinajstić information content (AvgIpc) is 2.49. The van der Waals surface area contributed by atoms with Crippen LogP contribution >= 0.6 is 11.6 Å². The molecule has 0 aliphatic rings. The van der Waals surface area contributed by atoms with Gasteiger partial charge in [-0.25, -0.2) is 4.39 Å². The second-order valence-electron chi connectivity index (χ2n) is 4.12. The highest BCUT2D eigenvalue weighted by atomic mass is 35.5. The van der Waals surface area contributed by atoms with Crippen LogP contribution in [0, 0.1) is 5.82 Å². The van der Waals surface area contributed by atoms with Crippen LogP contribution in [-0.2, 0) is 0 Å². The zero-order valence-corrected chi connectivity index (χ0v) is 12.2. The van der Waals surface area contributed by atoms with E-state index in [0.29, 0.717) is 17.2 Å². The molecule has 2 rings (SSSR count). The molecule has 6 heteroatoms. The van der Waals surface area contributed by atoms with Crippen molar-refractivity contribution in [3.63, 3.8) is 0 Å². The van der Waals surface area contributed by atoms with E-state index in [1.165, 1.54) is 44.6 Å². The van der Waals surface area contributed by atoms with Gasteiger partial charge >= 0.3 is 0 Å². The predicted octanol–water partition coefficient (Wildman–Crippen LogP) is 3.75. The Morgan fingerprint density at radius 2 is 1.76 bits per heavy atom. The minimum absolute atomic E-state index is 0.0663. The number of methoxy groups -OCH3 is 2. The van der Waals surface area contributed by atoms with E-state index in [-0.39, 0.29) is 10.6 Å². The second kappa shape index (κ2) is 6.45. The molecule has 0 fully saturated rings. The van der Waals surface area contributed by atoms with Crippen LogP contribution < -0.4 is 14.8 Å². The number of amides is 1. The van der Waals surface area contributed by atoms with Gasteiger partial charge in [0.25, 0.3) is 5.91 Å². The number of nitrogens with one attached hydrogen (secondary N) is 1. The summed E-state index contributed by atoms with van der Waals surface area (Å²) in [5, 5.41) is 2.81. The molecule has 0 radical (unpaired) electrons. The maximum Gasteiger partial charge on any atom is 0.258 e. The molecule has 21 heavy (non-hydrogen) atoms. The molecule has 0 spiro atoms. The molecule has 0 aliphatic heterocycles. The first-order chi connectivity index (χ1) is 10.1. The van der Waals surface area contributed by atoms with Crippen molar-refractivity contribution in [2.75, 3.05) is 19.5 Å². The van der Waals surface area contributed by atoms with Crippen LogP contribution in [-0.4, -0.2) is 20.1 Å². The third-order valence-corrected chi connectivity index (χ3v) is 3.15. The Kier molecular flexibility index (Phi) is 4.65. The largest absolute Gasteiger partial charge is 0.493 e. The summed E-state index contributed by atoms with van der Waals surface area (Å²) in [5.41, 5.74) is 0.242. The summed E-state index contributed by atoms with van der Waals surface area (Å²) in [6.07, 6.45) is 0. The Hall–Kier alpha value is -2.27. The zero-order valence-electron chi connectivity index (χ0n) is 11.4. The molecule has 0 unspecified atom stereocenters. The van der Waals surface area contributed by atoms with Crippen LogP contribution in [0.4, 0.5) is 10.1 Å². The van der Waals surface area contributed by atoms with E-state index >= 15 is 0 Å². The fourth-order valence-corrected chi connectivity index (χ4v) is 1.99. The highest BCUT2D eigenvalue weighted by Gasteiger charge is 2.15. The minimum atomic E-state index is -0.605. The minimum Gasteiger partial charge on any atom is -0.493 e. The SMILES string of the molecule is COc1cc(Cl)c(NC(=O)c2ccccc2F)cc1OC. The second-order valence-corrected chi connectivity index (χ2v) is 4.53. The van der Waals surface area contributed by atoms with Gasteiger partial charge in [-0.2, -0.15) is 0 Å². The molecule has 0 saturated heterocycles. The number of carbonyl (C=O) groups excluding carboxylic acids is 1. The molecule has 0 heterocycles. The Balaban J connectivity index is 2.31. The Morgan fingerprint density at radius 1 is 1.14 bits per heavy atom. The van der Waals surface area contributed by atoms with Crippen molar-refractivity contribution in [1.29, 1.82) is 0 Å². The van der Waals surface area contributed by atoms with Gasteiger partial charge in [0.2, 0.25) is 0 Å². The lowest BCUT2D eigenvalue weighted by molar-refractivity contribution is 0.102. The van der Waals surface area contributed by atoms with Crippen molar-refractivity contribution in [3.8, 4) is 11.5 Å². The van der Waals surface area contributed by atoms with Gasteiger partial charge in [0, 0.05) is 12.1 Å². The van der Waals surface area contributed by atoms with Crippen molar-refractivity contribution < 1.29 is 18.7 Å². The van der Waals surface area contributed by atoms with Crippen molar-refractivity contribution in [2.45, 2.75) is 0 Å². The molecule has 110 valence electrons. The summed E-state index contributed by atoms with van der Waals surface area (Å²) < 4.78 is 23.8. The molecule has 1 amide bonds. The normalized spacial score (nSPS) is 10.1. The van der Waals surface area contributed by atoms with E-state index in [1.807, 2.05) is 0 Å². The van der Waals surface area contributed by atoms with Crippen molar-refractivity contribution in [3.05, 3.63) is 52.8 Å². The molecule has 4 nitrogen and oxygen atoms in total. The lowest BCUT2D eigenvalue weighted by atomic mass is 10.2. The van der Waals surface area contributed by atoms with Crippen molar-refractivity contribution in [1.82, 2.24) is 0 Å². The summed E-state index contributed by atoms with van der Waals surface area (Å²) in [5.74, 6) is -0.356. The van der Waals surface area contributed by atoms with Gasteiger partial charge in [0.15, 0.2) is 11.5 Å². The maximum atomic E-state index is 13.6. The summed E-state index contributed by atoms with van der Waals surface area (Å²) in [6.45, 7) is 0. The number of hydrogen-bond acceptors (Lipinski definition) is 3. The van der Waals surface area contributed by atoms with E-state index < -0.39 is 11.7 Å². The monoisotopic (exact) mass is 309 g/mol. The standard InChI is InChI=1S/C15H13ClFNO3/c1-20-13-7-10(16)12(8-14(13)21-2)18-15(19)9-5-3-4-6-11(9)17/h3-8H,1-2H3,(H,18,19). The maximum absolute atomic E-state index is 13.6. The van der Waals surface area contributed by atoms with Gasteiger partial charge in [-0.3, -0.25) is 4.79 Å². The summed E-state index contributed by atoms with van der Waals surface area (Å²) >= 11 is 6.06. The molecule has 1 N–H and O–H groups in total. The van der Waals surface area contributed by atoms with Crippen LogP contribution in [0.3, 0.4) is 0 Å². The lowest BCUT2D eigenvalue weighted by Gasteiger charge is -2.12. The van der Waals surface area contributed by atoms with E-state index in [9.17, 15) is 9.18 Å². The van der Waals surface area contributed by atoms with Gasteiger partial charge in [0.05, 0.1) is 30.5 Å². The first-order valence-corrected chi connectivity index (χ1v) is 6.42. The van der Waals surface area contributed by atoms with Gasteiger partial charge in [0.1, 0.15) is 5.82 Å². The van der Waals surface area contributed by atoms with E-state index in [2.05, 4.69) is 5.32 Å². The molecule has 0 bridgehead atoms. The van der Waals surface area contributed by atoms with Crippen molar-refractivity contribution in [2.24, 2.45) is 0 Å². The Labute approximate surface area is 126 Å². The molecule has 2 aromatic rings. The number of anilines is 1. The molecular weight excluding hydrogens is 297 g/mol. The van der Waals surface area contributed by atoms with Crippen molar-refractivity contribution >= 4 is 23.2 Å². The zero-order chi connectivity index (χ0) is 15.4. The molecule has 2 aromatic carbocycles. The average molecular weight is 310 g/mol. The third kappa shape index (κ3) is 3.25. The number of hydrogen-bond donors (Lipinski definition) is 1. The molecule has 0 aromatic heterocycles. The smallest absolute Gasteiger partial charge is 0.258 e. The molecular formula is C15H13ClFNO3. The summed E-state index contributed by atoms with van der Waals surface area (Å²) in [4.78, 5) is 12.1. The molecule has 0 aliphatic carbocycles. The van der Waals surface area contributed by atoms with Crippen LogP contribution in [0.5, 0.6) is 11.5 Å². The van der Waals surface area contributed by atoms with Crippen LogP contribution in [0.1, 0.15) is 10.4 Å². The number of ether oxygens (including phenoxy) is 2. The first kappa shape index (κ1) is 15.1. The summed E-state index contributed by atoms with van der Waals surface area (Å²) in [7, 11) is 2.94. The van der Waals surface area contributed by atoms with E-state index in [0.717, 1.165) is 0 Å². The van der Waals surface area contributed by atoms with Gasteiger partial charge < -0.3 is 14.8 Å². The fraction of sp³-hybridized carbons (Fsp3) is 0.133. The van der Waals surface area contributed by atoms with Crippen LogP contribution in [0.15, 0.2) is 36.4 Å². The number of carbonyl (C=O) groups is 1. The van der Waals surface area contributed by atoms with Crippen LogP contribution in [0.25, 0.3) is 0 Å². The first-order valence-electron chi connectivity index (χ1n) is 6.04. The predicted molar refractivity (Wildman–Crippen MR) is 78.9 cm³/mol. The summed E-state index contributed by atoms with van der Waals surface area (Å²) in [6, 6.07) is 8.71. The van der Waals surface area contributed by atoms with Gasteiger partial charge in [-0.15, -0.1) is 0 Å². The number of benzene rings is 2. The quantitative estimate of drug-likeness (QED) is 0.935. The van der Waals surface area contributed by atoms with E-state index in [1.54, 1.807) is 6.07 Å². The Morgan fingerprint density at radius 3 is 2.38 bits per heavy atom. The number of rotatable bonds is 4. The highest BCUT2D eigenvalue weighted by molar-refractivity contribution is 6.34. The third-order valence-electron chi connectivity index (χ3n) is 2.84. The Bertz CT molecular complexity index is 676. The number of halogens is 2. The molecule has 0 saturated carbocycles.